The molecule has 1 aliphatic rings. The SMILES string of the molecule is CC(CCOc1cccc(Br)c1)CNC1CC1. The summed E-state index contributed by atoms with van der Waals surface area (Å²) in [4.78, 5) is 0. The van der Waals surface area contributed by atoms with Gasteiger partial charge in [0, 0.05) is 10.5 Å². The number of rotatable bonds is 7. The lowest BCUT2D eigenvalue weighted by Gasteiger charge is -2.13. The molecule has 2 nitrogen and oxygen atoms in total. The highest BCUT2D eigenvalue weighted by Gasteiger charge is 2.20. The van der Waals surface area contributed by atoms with Crippen LogP contribution in [0, 0.1) is 5.92 Å². The van der Waals surface area contributed by atoms with E-state index in [-0.39, 0.29) is 0 Å². The minimum absolute atomic E-state index is 0.683. The number of ether oxygens (including phenoxy) is 1. The summed E-state index contributed by atoms with van der Waals surface area (Å²) >= 11 is 3.44. The molecule has 1 atom stereocenters. The minimum atomic E-state index is 0.683. The van der Waals surface area contributed by atoms with Crippen molar-refractivity contribution in [2.45, 2.75) is 32.2 Å². The van der Waals surface area contributed by atoms with E-state index in [2.05, 4.69) is 28.2 Å². The van der Waals surface area contributed by atoms with Crippen molar-refractivity contribution in [1.82, 2.24) is 5.32 Å². The summed E-state index contributed by atoms with van der Waals surface area (Å²) in [5, 5.41) is 3.55. The summed E-state index contributed by atoms with van der Waals surface area (Å²) < 4.78 is 6.79. The molecule has 0 aromatic heterocycles. The Labute approximate surface area is 112 Å². The van der Waals surface area contributed by atoms with Crippen LogP contribution in [0.1, 0.15) is 26.2 Å². The fourth-order valence-electron chi connectivity index (χ4n) is 1.69. The minimum Gasteiger partial charge on any atom is -0.494 e. The van der Waals surface area contributed by atoms with E-state index in [1.807, 2.05) is 24.3 Å². The molecule has 3 heteroatoms. The molecule has 1 aromatic rings. The van der Waals surface area contributed by atoms with Crippen LogP contribution in [-0.4, -0.2) is 19.2 Å². The number of hydrogen-bond donors (Lipinski definition) is 1. The van der Waals surface area contributed by atoms with E-state index in [0.29, 0.717) is 5.92 Å². The first kappa shape index (κ1) is 12.9. The normalized spacial score (nSPS) is 16.8. The molecule has 0 saturated heterocycles. The van der Waals surface area contributed by atoms with E-state index in [4.69, 9.17) is 4.74 Å². The van der Waals surface area contributed by atoms with Crippen molar-refractivity contribution in [1.29, 1.82) is 0 Å². The Morgan fingerprint density at radius 3 is 3.00 bits per heavy atom. The highest BCUT2D eigenvalue weighted by molar-refractivity contribution is 9.10. The molecule has 1 aromatic carbocycles. The number of benzene rings is 1. The fraction of sp³-hybridized carbons (Fsp3) is 0.571. The van der Waals surface area contributed by atoms with Crippen molar-refractivity contribution in [3.63, 3.8) is 0 Å². The van der Waals surface area contributed by atoms with Crippen molar-refractivity contribution in [3.8, 4) is 5.75 Å². The second-order valence-electron chi connectivity index (χ2n) is 4.88. The van der Waals surface area contributed by atoms with Gasteiger partial charge in [-0.1, -0.05) is 28.9 Å². The van der Waals surface area contributed by atoms with Gasteiger partial charge < -0.3 is 10.1 Å². The van der Waals surface area contributed by atoms with Gasteiger partial charge in [-0.05, 0) is 49.9 Å². The van der Waals surface area contributed by atoms with Gasteiger partial charge in [-0.2, -0.15) is 0 Å². The van der Waals surface area contributed by atoms with Crippen LogP contribution in [0.15, 0.2) is 28.7 Å². The van der Waals surface area contributed by atoms with Crippen molar-refractivity contribution >= 4 is 15.9 Å². The molecule has 0 amide bonds. The monoisotopic (exact) mass is 297 g/mol. The lowest BCUT2D eigenvalue weighted by molar-refractivity contribution is 0.280. The van der Waals surface area contributed by atoms with Crippen LogP contribution >= 0.6 is 15.9 Å². The van der Waals surface area contributed by atoms with E-state index < -0.39 is 0 Å². The molecule has 17 heavy (non-hydrogen) atoms. The van der Waals surface area contributed by atoms with Gasteiger partial charge in [0.15, 0.2) is 0 Å². The zero-order valence-corrected chi connectivity index (χ0v) is 11.9. The Morgan fingerprint density at radius 2 is 2.29 bits per heavy atom. The van der Waals surface area contributed by atoms with E-state index in [0.717, 1.165) is 35.8 Å². The lowest BCUT2D eigenvalue weighted by atomic mass is 10.1. The average Bonchev–Trinajstić information content (AvgIpc) is 3.10. The third-order valence-electron chi connectivity index (χ3n) is 3.01. The molecule has 1 unspecified atom stereocenters. The lowest BCUT2D eigenvalue weighted by Crippen LogP contribution is -2.24. The van der Waals surface area contributed by atoms with Crippen molar-refractivity contribution < 1.29 is 4.74 Å². The van der Waals surface area contributed by atoms with Crippen molar-refractivity contribution in [2.24, 2.45) is 5.92 Å². The summed E-state index contributed by atoms with van der Waals surface area (Å²) in [6, 6.07) is 8.82. The third-order valence-corrected chi connectivity index (χ3v) is 3.50. The van der Waals surface area contributed by atoms with Gasteiger partial charge in [-0.3, -0.25) is 0 Å². The molecule has 0 heterocycles. The van der Waals surface area contributed by atoms with Crippen molar-refractivity contribution in [3.05, 3.63) is 28.7 Å². The Balaban J connectivity index is 1.61. The molecule has 1 N–H and O–H groups in total. The molecular formula is C14H20BrNO. The first-order chi connectivity index (χ1) is 8.24. The van der Waals surface area contributed by atoms with Gasteiger partial charge in [0.25, 0.3) is 0 Å². The van der Waals surface area contributed by atoms with Gasteiger partial charge >= 0.3 is 0 Å². The molecule has 0 spiro atoms. The molecular weight excluding hydrogens is 278 g/mol. The molecule has 0 bridgehead atoms. The molecule has 1 fully saturated rings. The van der Waals surface area contributed by atoms with Crippen LogP contribution in [0.5, 0.6) is 5.75 Å². The first-order valence-electron chi connectivity index (χ1n) is 6.36. The summed E-state index contributed by atoms with van der Waals surface area (Å²) in [7, 11) is 0. The second-order valence-corrected chi connectivity index (χ2v) is 5.80. The molecule has 2 rings (SSSR count). The standard InChI is InChI=1S/C14H20BrNO/c1-11(10-16-13-5-6-13)7-8-17-14-4-2-3-12(15)9-14/h2-4,9,11,13,16H,5-8,10H2,1H3. The number of nitrogens with one attached hydrogen (secondary N) is 1. The van der Waals surface area contributed by atoms with Crippen LogP contribution in [0.4, 0.5) is 0 Å². The van der Waals surface area contributed by atoms with E-state index in [9.17, 15) is 0 Å². The van der Waals surface area contributed by atoms with Gasteiger partial charge in [0.05, 0.1) is 6.61 Å². The molecule has 1 aliphatic carbocycles. The first-order valence-corrected chi connectivity index (χ1v) is 7.15. The maximum Gasteiger partial charge on any atom is 0.120 e. The Kier molecular flexibility index (Phi) is 4.86. The molecule has 0 radical (unpaired) electrons. The van der Waals surface area contributed by atoms with Gasteiger partial charge in [0.1, 0.15) is 5.75 Å². The Bertz CT molecular complexity index is 352. The van der Waals surface area contributed by atoms with Gasteiger partial charge in [-0.15, -0.1) is 0 Å². The van der Waals surface area contributed by atoms with Crippen LogP contribution in [-0.2, 0) is 0 Å². The topological polar surface area (TPSA) is 21.3 Å². The summed E-state index contributed by atoms with van der Waals surface area (Å²) in [5.41, 5.74) is 0. The summed E-state index contributed by atoms with van der Waals surface area (Å²) in [5.74, 6) is 1.63. The largest absolute Gasteiger partial charge is 0.494 e. The molecule has 94 valence electrons. The van der Waals surface area contributed by atoms with Crippen LogP contribution < -0.4 is 10.1 Å². The van der Waals surface area contributed by atoms with E-state index in [1.54, 1.807) is 0 Å². The van der Waals surface area contributed by atoms with E-state index in [1.165, 1.54) is 12.8 Å². The smallest absolute Gasteiger partial charge is 0.120 e. The Morgan fingerprint density at radius 1 is 1.47 bits per heavy atom. The predicted octanol–water partition coefficient (Wildman–Crippen LogP) is 3.61. The maximum absolute atomic E-state index is 5.72. The fourth-order valence-corrected chi connectivity index (χ4v) is 2.07. The average molecular weight is 298 g/mol. The van der Waals surface area contributed by atoms with Crippen molar-refractivity contribution in [2.75, 3.05) is 13.2 Å². The highest BCUT2D eigenvalue weighted by atomic mass is 79.9. The van der Waals surface area contributed by atoms with Crippen LogP contribution in [0.25, 0.3) is 0 Å². The second kappa shape index (κ2) is 6.41. The number of hydrogen-bond acceptors (Lipinski definition) is 2. The summed E-state index contributed by atoms with van der Waals surface area (Å²) in [6.07, 6.45) is 3.83. The van der Waals surface area contributed by atoms with Gasteiger partial charge in [-0.25, -0.2) is 0 Å². The van der Waals surface area contributed by atoms with E-state index >= 15 is 0 Å². The predicted molar refractivity (Wildman–Crippen MR) is 74.4 cm³/mol. The quantitative estimate of drug-likeness (QED) is 0.830. The zero-order chi connectivity index (χ0) is 12.1. The summed E-state index contributed by atoms with van der Waals surface area (Å²) in [6.45, 7) is 4.19. The number of halogens is 1. The molecule has 1 saturated carbocycles. The zero-order valence-electron chi connectivity index (χ0n) is 10.3. The van der Waals surface area contributed by atoms with Crippen LogP contribution in [0.2, 0.25) is 0 Å². The maximum atomic E-state index is 5.72. The highest BCUT2D eigenvalue weighted by Crippen LogP contribution is 2.20. The molecule has 0 aliphatic heterocycles. The third kappa shape index (κ3) is 5.09. The van der Waals surface area contributed by atoms with Crippen LogP contribution in [0.3, 0.4) is 0 Å². The Hall–Kier alpha value is -0.540. The van der Waals surface area contributed by atoms with Gasteiger partial charge in [0.2, 0.25) is 0 Å².